The van der Waals surface area contributed by atoms with E-state index in [1.165, 1.54) is 28.6 Å². The van der Waals surface area contributed by atoms with Gasteiger partial charge in [-0.2, -0.15) is 4.31 Å². The molecule has 1 aromatic rings. The number of benzene rings is 1. The summed E-state index contributed by atoms with van der Waals surface area (Å²) in [6.45, 7) is 3.07. The van der Waals surface area contributed by atoms with Crippen molar-refractivity contribution in [2.45, 2.75) is 30.7 Å². The quantitative estimate of drug-likeness (QED) is 0.499. The second-order valence-electron chi connectivity index (χ2n) is 7.22. The van der Waals surface area contributed by atoms with E-state index >= 15 is 0 Å². The summed E-state index contributed by atoms with van der Waals surface area (Å²) >= 11 is 0. The smallest absolute Gasteiger partial charge is 0.331 e. The third-order valence-corrected chi connectivity index (χ3v) is 6.88. The van der Waals surface area contributed by atoms with Crippen molar-refractivity contribution in [1.29, 1.82) is 0 Å². The maximum atomic E-state index is 12.6. The lowest BCUT2D eigenvalue weighted by Crippen LogP contribution is -2.40. The highest BCUT2D eigenvalue weighted by molar-refractivity contribution is 7.89. The number of hydrogen-bond donors (Lipinski definition) is 1. The second kappa shape index (κ2) is 9.51. The van der Waals surface area contributed by atoms with Gasteiger partial charge in [0.25, 0.3) is 5.91 Å². The molecule has 1 heterocycles. The van der Waals surface area contributed by atoms with Crippen molar-refractivity contribution in [3.63, 3.8) is 0 Å². The number of carbonyl (C=O) groups is 2. The zero-order valence-electron chi connectivity index (χ0n) is 16.4. The maximum Gasteiger partial charge on any atom is 0.331 e. The largest absolute Gasteiger partial charge is 0.452 e. The molecule has 0 bridgehead atoms. The molecule has 2 fully saturated rings. The number of amides is 1. The molecule has 1 aromatic carbocycles. The Morgan fingerprint density at radius 3 is 2.52 bits per heavy atom. The predicted octanol–water partition coefficient (Wildman–Crippen LogP) is 1.18. The Balaban J connectivity index is 1.48. The van der Waals surface area contributed by atoms with Crippen LogP contribution in [-0.2, 0) is 29.1 Å². The fourth-order valence-electron chi connectivity index (χ4n) is 3.05. The van der Waals surface area contributed by atoms with E-state index in [0.717, 1.165) is 12.8 Å². The molecule has 1 N–H and O–H groups in total. The van der Waals surface area contributed by atoms with Crippen molar-refractivity contribution in [3.8, 4) is 0 Å². The summed E-state index contributed by atoms with van der Waals surface area (Å²) in [4.78, 5) is 23.7. The van der Waals surface area contributed by atoms with Crippen molar-refractivity contribution in [2.24, 2.45) is 5.92 Å². The SMILES string of the molecule is C[C@@H](NC(=O)COC(=O)/C=C/c1ccc(S(=O)(=O)N2CCOCC2)cc1)C1CC1. The maximum absolute atomic E-state index is 12.6. The minimum atomic E-state index is -3.55. The molecular weight excluding hydrogens is 396 g/mol. The van der Waals surface area contributed by atoms with Crippen molar-refractivity contribution in [2.75, 3.05) is 32.9 Å². The number of nitrogens with one attached hydrogen (secondary N) is 1. The Labute approximate surface area is 170 Å². The van der Waals surface area contributed by atoms with Gasteiger partial charge in [-0.1, -0.05) is 12.1 Å². The highest BCUT2D eigenvalue weighted by Crippen LogP contribution is 2.32. The Bertz CT molecular complexity index is 855. The molecule has 1 saturated heterocycles. The molecule has 2 aliphatic rings. The van der Waals surface area contributed by atoms with E-state index in [9.17, 15) is 18.0 Å². The third kappa shape index (κ3) is 6.12. The van der Waals surface area contributed by atoms with Crippen LogP contribution in [0.4, 0.5) is 0 Å². The van der Waals surface area contributed by atoms with Crippen LogP contribution in [0.25, 0.3) is 6.08 Å². The molecule has 0 unspecified atom stereocenters. The summed E-state index contributed by atoms with van der Waals surface area (Å²) in [5.41, 5.74) is 0.648. The van der Waals surface area contributed by atoms with Crippen LogP contribution >= 0.6 is 0 Å². The summed E-state index contributed by atoms with van der Waals surface area (Å²) in [5.74, 6) is -0.419. The summed E-state index contributed by atoms with van der Waals surface area (Å²) in [6, 6.07) is 6.33. The summed E-state index contributed by atoms with van der Waals surface area (Å²) < 4.78 is 36.7. The molecule has 1 atom stereocenters. The number of ether oxygens (including phenoxy) is 2. The van der Waals surface area contributed by atoms with E-state index in [2.05, 4.69) is 5.32 Å². The van der Waals surface area contributed by atoms with E-state index in [1.54, 1.807) is 12.1 Å². The summed E-state index contributed by atoms with van der Waals surface area (Å²) in [5, 5.41) is 2.81. The first-order chi connectivity index (χ1) is 13.9. The minimum Gasteiger partial charge on any atom is -0.452 e. The molecule has 1 aliphatic heterocycles. The lowest BCUT2D eigenvalue weighted by atomic mass is 10.2. The molecule has 3 rings (SSSR count). The Kier molecular flexibility index (Phi) is 7.05. The molecule has 9 heteroatoms. The van der Waals surface area contributed by atoms with Gasteiger partial charge in [0.05, 0.1) is 18.1 Å². The molecule has 1 saturated carbocycles. The fourth-order valence-corrected chi connectivity index (χ4v) is 4.45. The van der Waals surface area contributed by atoms with Crippen LogP contribution in [0.2, 0.25) is 0 Å². The van der Waals surface area contributed by atoms with Gasteiger partial charge in [0, 0.05) is 25.2 Å². The van der Waals surface area contributed by atoms with Crippen molar-refractivity contribution in [3.05, 3.63) is 35.9 Å². The Morgan fingerprint density at radius 1 is 1.24 bits per heavy atom. The zero-order valence-corrected chi connectivity index (χ0v) is 17.2. The Morgan fingerprint density at radius 2 is 1.90 bits per heavy atom. The van der Waals surface area contributed by atoms with Crippen LogP contribution in [0.1, 0.15) is 25.3 Å². The predicted molar refractivity (Wildman–Crippen MR) is 106 cm³/mol. The van der Waals surface area contributed by atoms with E-state index in [4.69, 9.17) is 9.47 Å². The van der Waals surface area contributed by atoms with E-state index in [0.29, 0.717) is 37.8 Å². The molecule has 1 aliphatic carbocycles. The van der Waals surface area contributed by atoms with Gasteiger partial charge in [0.2, 0.25) is 10.0 Å². The third-order valence-electron chi connectivity index (χ3n) is 4.96. The molecule has 0 aromatic heterocycles. The van der Waals surface area contributed by atoms with Crippen molar-refractivity contribution >= 4 is 28.0 Å². The number of sulfonamides is 1. The van der Waals surface area contributed by atoms with E-state index < -0.39 is 16.0 Å². The molecule has 0 spiro atoms. The number of esters is 1. The monoisotopic (exact) mass is 422 g/mol. The highest BCUT2D eigenvalue weighted by Gasteiger charge is 2.29. The number of nitrogens with zero attached hydrogens (tertiary/aromatic N) is 1. The molecule has 8 nitrogen and oxygen atoms in total. The van der Waals surface area contributed by atoms with Gasteiger partial charge in [0.15, 0.2) is 6.61 Å². The normalized spacial score (nSPS) is 19.1. The van der Waals surface area contributed by atoms with Gasteiger partial charge in [-0.15, -0.1) is 0 Å². The van der Waals surface area contributed by atoms with Gasteiger partial charge in [-0.05, 0) is 49.5 Å². The van der Waals surface area contributed by atoms with Crippen molar-refractivity contribution < 1.29 is 27.5 Å². The van der Waals surface area contributed by atoms with Crippen LogP contribution in [0.15, 0.2) is 35.2 Å². The summed E-state index contributed by atoms with van der Waals surface area (Å²) in [6.07, 6.45) is 4.97. The van der Waals surface area contributed by atoms with Gasteiger partial charge in [-0.3, -0.25) is 4.79 Å². The average Bonchev–Trinajstić information content (AvgIpc) is 3.57. The first-order valence-electron chi connectivity index (χ1n) is 9.68. The first-order valence-corrected chi connectivity index (χ1v) is 11.1. The average molecular weight is 423 g/mol. The number of hydrogen-bond acceptors (Lipinski definition) is 6. The molecular formula is C20H26N2O6S. The molecule has 158 valence electrons. The standard InChI is InChI=1S/C20H26N2O6S/c1-15(17-5-6-17)21-19(23)14-28-20(24)9-4-16-2-7-18(8-3-16)29(25,26)22-10-12-27-13-11-22/h2-4,7-9,15,17H,5-6,10-14H2,1H3,(H,21,23)/b9-4+/t15-/m1/s1. The first kappa shape index (κ1) is 21.5. The van der Waals surface area contributed by atoms with Crippen LogP contribution in [0.3, 0.4) is 0 Å². The van der Waals surface area contributed by atoms with E-state index in [-0.39, 0.29) is 23.5 Å². The fraction of sp³-hybridized carbons (Fsp3) is 0.500. The second-order valence-corrected chi connectivity index (χ2v) is 9.16. The van der Waals surface area contributed by atoms with Crippen LogP contribution in [0, 0.1) is 5.92 Å². The van der Waals surface area contributed by atoms with Gasteiger partial charge < -0.3 is 14.8 Å². The lowest BCUT2D eigenvalue weighted by Gasteiger charge is -2.26. The summed E-state index contributed by atoms with van der Waals surface area (Å²) in [7, 11) is -3.55. The highest BCUT2D eigenvalue weighted by atomic mass is 32.2. The van der Waals surface area contributed by atoms with E-state index in [1.807, 2.05) is 6.92 Å². The molecule has 0 radical (unpaired) electrons. The van der Waals surface area contributed by atoms with Crippen LogP contribution < -0.4 is 5.32 Å². The van der Waals surface area contributed by atoms with Crippen LogP contribution in [-0.4, -0.2) is 63.6 Å². The van der Waals surface area contributed by atoms with Gasteiger partial charge in [-0.25, -0.2) is 13.2 Å². The number of morpholine rings is 1. The lowest BCUT2D eigenvalue weighted by molar-refractivity contribution is -0.144. The number of rotatable bonds is 8. The topological polar surface area (TPSA) is 102 Å². The molecule has 29 heavy (non-hydrogen) atoms. The van der Waals surface area contributed by atoms with Gasteiger partial charge in [0.1, 0.15) is 0 Å². The molecule has 1 amide bonds. The minimum absolute atomic E-state index is 0.101. The zero-order chi connectivity index (χ0) is 20.9. The Hall–Kier alpha value is -2.23. The van der Waals surface area contributed by atoms with Crippen LogP contribution in [0.5, 0.6) is 0 Å². The van der Waals surface area contributed by atoms with Gasteiger partial charge >= 0.3 is 5.97 Å². The van der Waals surface area contributed by atoms with Crippen molar-refractivity contribution in [1.82, 2.24) is 9.62 Å². The number of carbonyl (C=O) groups excluding carboxylic acids is 2.